The summed E-state index contributed by atoms with van der Waals surface area (Å²) in [6, 6.07) is 12.2. The minimum atomic E-state index is -0.234. The van der Waals surface area contributed by atoms with E-state index >= 15 is 4.39 Å². The number of rotatable bonds is 18. The Morgan fingerprint density at radius 2 is 1.76 bits per heavy atom. The third-order valence-electron chi connectivity index (χ3n) is 14.7. The molecular weight excluding hydrogens is 805 g/mol. The number of hydrogen-bond acceptors (Lipinski definition) is 7. The van der Waals surface area contributed by atoms with Gasteiger partial charge >= 0.3 is 0 Å². The summed E-state index contributed by atoms with van der Waals surface area (Å²) in [5.74, 6) is 1.81. The summed E-state index contributed by atoms with van der Waals surface area (Å²) in [7, 11) is 2.03. The van der Waals surface area contributed by atoms with Gasteiger partial charge in [0.15, 0.2) is 5.82 Å². The number of fused-ring (bicyclic) bond motifs is 2. The Bertz CT molecular complexity index is 2290. The van der Waals surface area contributed by atoms with Gasteiger partial charge in [-0.15, -0.1) is 6.58 Å². The van der Waals surface area contributed by atoms with Crippen LogP contribution in [0.2, 0.25) is 5.02 Å². The molecule has 2 unspecified atom stereocenters. The minimum absolute atomic E-state index is 0.121. The molecule has 8 rings (SSSR count). The van der Waals surface area contributed by atoms with Crippen LogP contribution in [0.25, 0.3) is 27.7 Å². The zero-order valence-corrected chi connectivity index (χ0v) is 38.9. The molecule has 4 aliphatic rings. The zero-order chi connectivity index (χ0) is 44.2. The number of nitrogens with zero attached hydrogens (tertiary/aromatic N) is 6. The first-order chi connectivity index (χ1) is 30.6. The van der Waals surface area contributed by atoms with Crippen molar-refractivity contribution in [1.82, 2.24) is 29.8 Å². The monoisotopic (exact) mass is 874 g/mol. The largest absolute Gasteiger partial charge is 0.371 e. The van der Waals surface area contributed by atoms with Crippen molar-refractivity contribution in [2.45, 2.75) is 103 Å². The number of piperazine rings is 1. The van der Waals surface area contributed by atoms with E-state index in [9.17, 15) is 4.79 Å². The summed E-state index contributed by atoms with van der Waals surface area (Å²) >= 11 is 7.25. The summed E-state index contributed by atoms with van der Waals surface area (Å²) in [5.41, 5.74) is 12.3. The fourth-order valence-corrected chi connectivity index (χ4v) is 11.5. The van der Waals surface area contributed by atoms with Gasteiger partial charge in [-0.3, -0.25) is 4.68 Å². The average Bonchev–Trinajstić information content (AvgIpc) is 4.02. The van der Waals surface area contributed by atoms with E-state index in [0.717, 1.165) is 143 Å². The van der Waals surface area contributed by atoms with Crippen LogP contribution in [-0.4, -0.2) is 95.7 Å². The molecule has 1 N–H and O–H groups in total. The number of hydrogen-bond donors (Lipinski definition) is 1. The molecule has 10 heteroatoms. The number of benzene rings is 3. The number of carbonyl (C=O) groups is 1. The molecule has 0 bridgehead atoms. The molecular formula is C53H69ClFN7O. The third kappa shape index (κ3) is 9.53. The van der Waals surface area contributed by atoms with Crippen molar-refractivity contribution in [1.29, 1.82) is 0 Å². The standard InChI is InChI=1S/C53H69ClFN7O/c1-7-42(16-14-30-63)62-35-47-44(39(62)5)31-36(2)32-45(47)40-20-24-59(25-21-40)23-12-10-8-9-11-17-43-51(50-37(3)15-13-18-49(50)55)48(54)33-46-52(43)58(6)57-53(46)61-28-26-60(27-29-61)38(4)41-19-22-56-34-41/h7,13,15,18,30-33,40-42,56H,1,4-5,8-12,14,16-17,19-29,34-35H2,2-3,6H3. The molecule has 4 aromatic rings. The Kier molecular flexibility index (Phi) is 14.4. The number of piperidine rings is 1. The molecule has 3 aromatic carbocycles. The van der Waals surface area contributed by atoms with E-state index in [2.05, 4.69) is 63.7 Å². The maximum absolute atomic E-state index is 15.7. The molecule has 0 spiro atoms. The highest BCUT2D eigenvalue weighted by Crippen LogP contribution is 2.44. The molecule has 1 aromatic heterocycles. The third-order valence-corrected chi connectivity index (χ3v) is 15.0. The smallest absolute Gasteiger partial charge is 0.158 e. The molecule has 3 fully saturated rings. The second-order valence-corrected chi connectivity index (χ2v) is 19.2. The number of nitrogens with one attached hydrogen (secondary N) is 1. The normalized spacial score (nSPS) is 19.0. The van der Waals surface area contributed by atoms with Gasteiger partial charge in [0.05, 0.1) is 5.52 Å². The van der Waals surface area contributed by atoms with Crippen LogP contribution in [0.15, 0.2) is 67.9 Å². The van der Waals surface area contributed by atoms with Gasteiger partial charge in [0.1, 0.15) is 12.1 Å². The maximum atomic E-state index is 15.7. The highest BCUT2D eigenvalue weighted by Gasteiger charge is 2.33. The first-order valence-electron chi connectivity index (χ1n) is 23.8. The lowest BCUT2D eigenvalue weighted by molar-refractivity contribution is -0.108. The Labute approximate surface area is 380 Å². The van der Waals surface area contributed by atoms with Crippen LogP contribution < -0.4 is 10.2 Å². The highest BCUT2D eigenvalue weighted by molar-refractivity contribution is 6.35. The number of unbranched alkanes of at least 4 members (excludes halogenated alkanes) is 4. The number of aryl methyl sites for hydroxylation is 4. The number of halogens is 2. The first kappa shape index (κ1) is 45.1. The molecule has 0 radical (unpaired) electrons. The van der Waals surface area contributed by atoms with Crippen molar-refractivity contribution in [2.75, 3.05) is 63.8 Å². The second-order valence-electron chi connectivity index (χ2n) is 18.8. The Morgan fingerprint density at radius 1 is 1.00 bits per heavy atom. The van der Waals surface area contributed by atoms with Crippen LogP contribution in [0, 0.1) is 25.6 Å². The van der Waals surface area contributed by atoms with Crippen molar-refractivity contribution >= 4 is 40.3 Å². The van der Waals surface area contributed by atoms with E-state index in [-0.39, 0.29) is 11.9 Å². The summed E-state index contributed by atoms with van der Waals surface area (Å²) in [6.07, 6.45) is 14.3. The molecule has 63 heavy (non-hydrogen) atoms. The minimum Gasteiger partial charge on any atom is -0.371 e. The van der Waals surface area contributed by atoms with Gasteiger partial charge in [0.25, 0.3) is 0 Å². The average molecular weight is 875 g/mol. The number of likely N-dealkylation sites (tertiary alicyclic amines) is 1. The predicted octanol–water partition coefficient (Wildman–Crippen LogP) is 10.6. The van der Waals surface area contributed by atoms with Crippen LogP contribution in [0.1, 0.15) is 104 Å². The Balaban J connectivity index is 0.871. The lowest BCUT2D eigenvalue weighted by atomic mass is 9.84. The fourth-order valence-electron chi connectivity index (χ4n) is 11.2. The van der Waals surface area contributed by atoms with Gasteiger partial charge in [-0.2, -0.15) is 5.10 Å². The van der Waals surface area contributed by atoms with Crippen LogP contribution in [-0.2, 0) is 24.8 Å². The molecule has 0 aliphatic carbocycles. The Morgan fingerprint density at radius 3 is 2.48 bits per heavy atom. The SMILES string of the molecule is C=CC(CCC=O)N1Cc2c(cc(C)cc2C2CCN(CCCCCCCc3c(-c4c(C)cccc4F)c(Cl)cc4c(N5CCN(C(=C)C6CCNC6)CC5)nn(C)c34)CC2)C1=C. The van der Waals surface area contributed by atoms with Crippen molar-refractivity contribution < 1.29 is 9.18 Å². The molecule has 2 atom stereocenters. The van der Waals surface area contributed by atoms with Crippen molar-refractivity contribution in [3.8, 4) is 11.1 Å². The van der Waals surface area contributed by atoms with E-state index in [0.29, 0.717) is 28.8 Å². The molecule has 5 heterocycles. The Hall–Kier alpha value is -4.44. The lowest BCUT2D eigenvalue weighted by Gasteiger charge is -2.38. The van der Waals surface area contributed by atoms with E-state index in [4.69, 9.17) is 16.7 Å². The van der Waals surface area contributed by atoms with E-state index in [1.807, 2.05) is 36.9 Å². The molecule has 336 valence electrons. The second kappa shape index (κ2) is 20.2. The van der Waals surface area contributed by atoms with Crippen LogP contribution in [0.4, 0.5) is 10.2 Å². The number of aldehydes is 1. The van der Waals surface area contributed by atoms with Crippen molar-refractivity contribution in [2.24, 2.45) is 13.0 Å². The van der Waals surface area contributed by atoms with Gasteiger partial charge in [-0.25, -0.2) is 4.39 Å². The van der Waals surface area contributed by atoms with Crippen LogP contribution >= 0.6 is 11.6 Å². The molecule has 4 aliphatic heterocycles. The van der Waals surface area contributed by atoms with Crippen molar-refractivity contribution in [3.05, 3.63) is 112 Å². The number of anilines is 1. The van der Waals surface area contributed by atoms with Gasteiger partial charge in [0.2, 0.25) is 0 Å². The lowest BCUT2D eigenvalue weighted by Crippen LogP contribution is -2.47. The summed E-state index contributed by atoms with van der Waals surface area (Å²) in [6.45, 7) is 27.2. The molecule has 0 saturated carbocycles. The van der Waals surface area contributed by atoms with Gasteiger partial charge < -0.3 is 29.7 Å². The van der Waals surface area contributed by atoms with Gasteiger partial charge in [0, 0.05) is 103 Å². The van der Waals surface area contributed by atoms with Crippen molar-refractivity contribution in [3.63, 3.8) is 0 Å². The zero-order valence-electron chi connectivity index (χ0n) is 38.2. The maximum Gasteiger partial charge on any atom is 0.158 e. The first-order valence-corrected chi connectivity index (χ1v) is 24.2. The molecule has 0 amide bonds. The van der Waals surface area contributed by atoms with Gasteiger partial charge in [-0.05, 0) is 131 Å². The predicted molar refractivity (Wildman–Crippen MR) is 260 cm³/mol. The number of aromatic nitrogens is 2. The van der Waals surface area contributed by atoms with Crippen LogP contribution in [0.3, 0.4) is 0 Å². The van der Waals surface area contributed by atoms with E-state index < -0.39 is 0 Å². The van der Waals surface area contributed by atoms with E-state index in [1.165, 1.54) is 60.1 Å². The fraction of sp³-hybridized carbons (Fsp3) is 0.509. The van der Waals surface area contributed by atoms with Gasteiger partial charge in [-0.1, -0.05) is 73.9 Å². The summed E-state index contributed by atoms with van der Waals surface area (Å²) in [4.78, 5) is 21.0. The van der Waals surface area contributed by atoms with E-state index in [1.54, 1.807) is 12.1 Å². The highest BCUT2D eigenvalue weighted by atomic mass is 35.5. The molecule has 3 saturated heterocycles. The summed E-state index contributed by atoms with van der Waals surface area (Å²) < 4.78 is 17.8. The molecule has 8 nitrogen and oxygen atoms in total. The van der Waals surface area contributed by atoms with Crippen LogP contribution in [0.5, 0.6) is 0 Å². The number of carbonyl (C=O) groups excluding carboxylic acids is 1. The quantitative estimate of drug-likeness (QED) is 0.0607. The topological polar surface area (TPSA) is 59.9 Å². The summed E-state index contributed by atoms with van der Waals surface area (Å²) in [5, 5.41) is 10.3.